The van der Waals surface area contributed by atoms with Crippen molar-refractivity contribution in [2.24, 2.45) is 0 Å². The molecule has 0 unspecified atom stereocenters. The average molecular weight is 346 g/mol. The maximum absolute atomic E-state index is 12.4. The summed E-state index contributed by atoms with van der Waals surface area (Å²) in [5, 5.41) is 0. The summed E-state index contributed by atoms with van der Waals surface area (Å²) in [6, 6.07) is 21.9. The molecular formula is C22H22N2O2. The highest BCUT2D eigenvalue weighted by Gasteiger charge is 2.13. The van der Waals surface area contributed by atoms with Crippen molar-refractivity contribution < 1.29 is 9.21 Å². The molecule has 0 spiro atoms. The topological polar surface area (TPSA) is 54.3 Å². The van der Waals surface area contributed by atoms with Crippen LogP contribution >= 0.6 is 0 Å². The van der Waals surface area contributed by atoms with Gasteiger partial charge < -0.3 is 9.84 Å². The molecule has 1 aromatic heterocycles. The minimum Gasteiger partial charge on any atom is -0.466 e. The maximum Gasteiger partial charge on any atom is 0.273 e. The first-order chi connectivity index (χ1) is 12.6. The number of carbonyl (C=O) groups is 1. The lowest BCUT2D eigenvalue weighted by Crippen LogP contribution is -2.37. The lowest BCUT2D eigenvalue weighted by Gasteiger charge is -2.13. The van der Waals surface area contributed by atoms with E-state index in [0.717, 1.165) is 22.6 Å². The molecule has 0 saturated carbocycles. The Bertz CT molecular complexity index is 896. The van der Waals surface area contributed by atoms with Crippen molar-refractivity contribution in [1.29, 1.82) is 0 Å². The number of carbonyl (C=O) groups excluding carboxylic acids is 1. The molecule has 4 heteroatoms. The number of furan rings is 1. The Morgan fingerprint density at radius 3 is 2.23 bits per heavy atom. The van der Waals surface area contributed by atoms with E-state index in [1.54, 1.807) is 13.0 Å². The van der Waals surface area contributed by atoms with Crippen molar-refractivity contribution in [3.8, 4) is 0 Å². The van der Waals surface area contributed by atoms with Crippen molar-refractivity contribution in [1.82, 2.24) is 10.9 Å². The van der Waals surface area contributed by atoms with Crippen molar-refractivity contribution in [3.05, 3.63) is 101 Å². The van der Waals surface area contributed by atoms with Crippen LogP contribution in [-0.2, 0) is 6.42 Å². The molecule has 0 aliphatic carbocycles. The molecule has 0 saturated heterocycles. The molecule has 0 aliphatic heterocycles. The average Bonchev–Trinajstić information content (AvgIpc) is 2.99. The number of benzene rings is 2. The van der Waals surface area contributed by atoms with Crippen LogP contribution in [-0.4, -0.2) is 5.91 Å². The quantitative estimate of drug-likeness (QED) is 0.650. The first kappa shape index (κ1) is 17.5. The van der Waals surface area contributed by atoms with Crippen molar-refractivity contribution in [3.63, 3.8) is 0 Å². The van der Waals surface area contributed by atoms with Crippen LogP contribution in [0.5, 0.6) is 0 Å². The monoisotopic (exact) mass is 346 g/mol. The molecule has 1 heterocycles. The summed E-state index contributed by atoms with van der Waals surface area (Å²) in [6.07, 6.45) is 2.71. The van der Waals surface area contributed by atoms with E-state index in [2.05, 4.69) is 23.0 Å². The number of hydrazine groups is 1. The smallest absolute Gasteiger partial charge is 0.273 e. The summed E-state index contributed by atoms with van der Waals surface area (Å²) in [6.45, 7) is 3.61. The number of rotatable bonds is 6. The fourth-order valence-corrected chi connectivity index (χ4v) is 2.76. The summed E-state index contributed by atoms with van der Waals surface area (Å²) >= 11 is 0. The largest absolute Gasteiger partial charge is 0.466 e. The van der Waals surface area contributed by atoms with Gasteiger partial charge in [0.1, 0.15) is 11.5 Å². The Kier molecular flexibility index (Phi) is 5.54. The lowest BCUT2D eigenvalue weighted by molar-refractivity contribution is 0.0937. The van der Waals surface area contributed by atoms with E-state index in [1.807, 2.05) is 61.5 Å². The van der Waals surface area contributed by atoms with Crippen molar-refractivity contribution in [2.45, 2.75) is 20.3 Å². The molecule has 2 N–H and O–H groups in total. The van der Waals surface area contributed by atoms with Crippen molar-refractivity contribution in [2.75, 3.05) is 0 Å². The van der Waals surface area contributed by atoms with Crippen LogP contribution in [0.4, 0.5) is 0 Å². The highest BCUT2D eigenvalue weighted by atomic mass is 16.3. The lowest BCUT2D eigenvalue weighted by atomic mass is 10.1. The molecule has 0 aliphatic rings. The Morgan fingerprint density at radius 1 is 0.962 bits per heavy atom. The second-order valence-electron chi connectivity index (χ2n) is 6.15. The molecule has 3 rings (SSSR count). The number of amides is 1. The molecule has 2 aromatic carbocycles. The van der Waals surface area contributed by atoms with E-state index in [-0.39, 0.29) is 5.91 Å². The minimum atomic E-state index is -0.216. The van der Waals surface area contributed by atoms with Gasteiger partial charge in [-0.25, -0.2) is 0 Å². The van der Waals surface area contributed by atoms with Crippen LogP contribution in [0.2, 0.25) is 0 Å². The molecular weight excluding hydrogens is 324 g/mol. The third-order valence-corrected chi connectivity index (χ3v) is 4.00. The number of hydrogen-bond acceptors (Lipinski definition) is 3. The second kappa shape index (κ2) is 8.21. The zero-order chi connectivity index (χ0) is 18.4. The van der Waals surface area contributed by atoms with E-state index < -0.39 is 0 Å². The predicted octanol–water partition coefficient (Wildman–Crippen LogP) is 4.41. The van der Waals surface area contributed by atoms with Gasteiger partial charge in [-0.2, -0.15) is 0 Å². The first-order valence-corrected chi connectivity index (χ1v) is 8.55. The van der Waals surface area contributed by atoms with Gasteiger partial charge in [-0.05, 0) is 37.1 Å². The van der Waals surface area contributed by atoms with Gasteiger partial charge >= 0.3 is 0 Å². The summed E-state index contributed by atoms with van der Waals surface area (Å²) in [5.41, 5.74) is 9.50. The zero-order valence-corrected chi connectivity index (χ0v) is 15.0. The van der Waals surface area contributed by atoms with Gasteiger partial charge in [-0.3, -0.25) is 10.2 Å². The van der Waals surface area contributed by atoms with Crippen LogP contribution < -0.4 is 10.9 Å². The van der Waals surface area contributed by atoms with Gasteiger partial charge in [0.2, 0.25) is 0 Å². The van der Waals surface area contributed by atoms with Crippen LogP contribution in [0, 0.1) is 13.8 Å². The van der Waals surface area contributed by atoms with E-state index in [1.165, 1.54) is 0 Å². The summed E-state index contributed by atoms with van der Waals surface area (Å²) in [5.74, 6) is 1.11. The molecule has 1 amide bonds. The van der Waals surface area contributed by atoms with Gasteiger partial charge in [-0.1, -0.05) is 60.7 Å². The minimum absolute atomic E-state index is 0.216. The van der Waals surface area contributed by atoms with Crippen LogP contribution in [0.3, 0.4) is 0 Å². The number of allylic oxidation sites excluding steroid dienone is 1. The normalized spacial score (nSPS) is 11.2. The molecule has 0 fully saturated rings. The van der Waals surface area contributed by atoms with Gasteiger partial charge in [0.25, 0.3) is 5.91 Å². The summed E-state index contributed by atoms with van der Waals surface area (Å²) in [7, 11) is 0. The fraction of sp³-hybridized carbons (Fsp3) is 0.136. The van der Waals surface area contributed by atoms with E-state index in [9.17, 15) is 4.79 Å². The Morgan fingerprint density at radius 2 is 1.62 bits per heavy atom. The Labute approximate surface area is 153 Å². The van der Waals surface area contributed by atoms with E-state index >= 15 is 0 Å². The van der Waals surface area contributed by atoms with Gasteiger partial charge in [0.15, 0.2) is 0 Å². The third-order valence-electron chi connectivity index (χ3n) is 4.00. The SMILES string of the molecule is Cc1cc(C(=O)NN/C(=C/c2ccccc2)Cc2ccccc2)c(C)o1. The van der Waals surface area contributed by atoms with Gasteiger partial charge in [-0.15, -0.1) is 0 Å². The standard InChI is InChI=1S/C22H22N2O2/c1-16-13-21(17(2)26-16)22(25)24-23-20(14-18-9-5-3-6-10-18)15-19-11-7-4-8-12-19/h3-14,23H,15H2,1-2H3,(H,24,25)/b20-14+. The van der Waals surface area contributed by atoms with Crippen LogP contribution in [0.15, 0.2) is 76.8 Å². The number of nitrogens with one attached hydrogen (secondary N) is 2. The highest BCUT2D eigenvalue weighted by molar-refractivity contribution is 5.95. The Balaban J connectivity index is 1.76. The van der Waals surface area contributed by atoms with E-state index in [4.69, 9.17) is 4.42 Å². The second-order valence-corrected chi connectivity index (χ2v) is 6.15. The van der Waals surface area contributed by atoms with Gasteiger partial charge in [0, 0.05) is 12.1 Å². The fourth-order valence-electron chi connectivity index (χ4n) is 2.76. The summed E-state index contributed by atoms with van der Waals surface area (Å²) in [4.78, 5) is 12.4. The molecule has 0 bridgehead atoms. The molecule has 3 aromatic rings. The predicted molar refractivity (Wildman–Crippen MR) is 103 cm³/mol. The first-order valence-electron chi connectivity index (χ1n) is 8.55. The van der Waals surface area contributed by atoms with Gasteiger partial charge in [0.05, 0.1) is 5.56 Å². The van der Waals surface area contributed by atoms with Crippen LogP contribution in [0.1, 0.15) is 33.0 Å². The number of hydrogen-bond donors (Lipinski definition) is 2. The summed E-state index contributed by atoms with van der Waals surface area (Å²) < 4.78 is 5.43. The number of aryl methyl sites for hydroxylation is 2. The molecule has 0 radical (unpaired) electrons. The molecule has 26 heavy (non-hydrogen) atoms. The van der Waals surface area contributed by atoms with Crippen molar-refractivity contribution >= 4 is 12.0 Å². The molecule has 132 valence electrons. The third kappa shape index (κ3) is 4.63. The van der Waals surface area contributed by atoms with Crippen LogP contribution in [0.25, 0.3) is 6.08 Å². The maximum atomic E-state index is 12.4. The molecule has 0 atom stereocenters. The Hall–Kier alpha value is -3.27. The zero-order valence-electron chi connectivity index (χ0n) is 15.0. The molecule has 4 nitrogen and oxygen atoms in total. The highest BCUT2D eigenvalue weighted by Crippen LogP contribution is 2.14. The van der Waals surface area contributed by atoms with E-state index in [0.29, 0.717) is 17.7 Å².